The van der Waals surface area contributed by atoms with Crippen molar-refractivity contribution < 1.29 is 0 Å². The van der Waals surface area contributed by atoms with Crippen LogP contribution < -0.4 is 0 Å². The van der Waals surface area contributed by atoms with Crippen LogP contribution in [0.1, 0.15) is 0 Å². The Morgan fingerprint density at radius 1 is 0.206 bits per heavy atom. The molecular weight excluding hydrogens is 823 g/mol. The highest BCUT2D eigenvalue weighted by atomic mass is 15.0. The number of rotatable bonds is 8. The minimum absolute atomic E-state index is 0.959. The molecule has 0 unspecified atom stereocenters. The van der Waals surface area contributed by atoms with Gasteiger partial charge in [0.2, 0.25) is 0 Å². The summed E-state index contributed by atoms with van der Waals surface area (Å²) in [5, 5.41) is 4.92. The van der Waals surface area contributed by atoms with Crippen LogP contribution in [0, 0.1) is 0 Å². The van der Waals surface area contributed by atoms with Crippen molar-refractivity contribution in [1.29, 1.82) is 0 Å². The van der Waals surface area contributed by atoms with Gasteiger partial charge in [0.25, 0.3) is 0 Å². The molecule has 0 aliphatic heterocycles. The summed E-state index contributed by atoms with van der Waals surface area (Å²) >= 11 is 0. The summed E-state index contributed by atoms with van der Waals surface area (Å²) in [4.78, 5) is 5.12. The zero-order valence-electron chi connectivity index (χ0n) is 37.2. The zero-order chi connectivity index (χ0) is 45.0. The predicted molar refractivity (Wildman–Crippen MR) is 286 cm³/mol. The molecule has 0 saturated carbocycles. The molecule has 0 radical (unpaired) electrons. The lowest BCUT2D eigenvalue weighted by Gasteiger charge is -2.14. The lowest BCUT2D eigenvalue weighted by molar-refractivity contribution is 1.18. The van der Waals surface area contributed by atoms with E-state index in [1.54, 1.807) is 0 Å². The molecule has 0 amide bonds. The Bertz CT molecular complexity index is 3860. The maximum absolute atomic E-state index is 5.12. The fraction of sp³-hybridized carbons (Fsp3) is 0. The third-order valence-electron chi connectivity index (χ3n) is 13.5. The zero-order valence-corrected chi connectivity index (χ0v) is 37.2. The van der Waals surface area contributed by atoms with Crippen LogP contribution in [0.15, 0.2) is 261 Å². The smallest absolute Gasteiger partial charge is 0.0715 e. The number of hydrogen-bond acceptors (Lipinski definition) is 1. The predicted octanol–water partition coefficient (Wildman–Crippen LogP) is 17.3. The maximum Gasteiger partial charge on any atom is 0.0715 e. The molecule has 0 N–H and O–H groups in total. The van der Waals surface area contributed by atoms with E-state index < -0.39 is 0 Å². The molecule has 10 aromatic carbocycles. The normalized spacial score (nSPS) is 11.5. The van der Waals surface area contributed by atoms with Crippen molar-refractivity contribution in [3.05, 3.63) is 261 Å². The monoisotopic (exact) mass is 865 g/mol. The van der Waals surface area contributed by atoms with E-state index in [1.165, 1.54) is 77.0 Å². The lowest BCUT2D eigenvalue weighted by atomic mass is 9.98. The number of nitrogens with zero attached hydrogens (tertiary/aromatic N) is 3. The van der Waals surface area contributed by atoms with E-state index in [4.69, 9.17) is 4.98 Å². The SMILES string of the molecule is c1ccc(-c2cc(-c3ccccc3)cc(-n3c4ccccc4c4cc(-c5ccc6c(c5)c5ccccc5n6-c5ccc(-c6cc(-c7ccccc7)nc(-c7ccccc7)c6)cc5)ccc43)c2)cc1. The molecule has 13 aromatic rings. The first-order valence-corrected chi connectivity index (χ1v) is 23.3. The van der Waals surface area contributed by atoms with Gasteiger partial charge >= 0.3 is 0 Å². The highest BCUT2D eigenvalue weighted by Gasteiger charge is 2.18. The number of benzene rings is 10. The summed E-state index contributed by atoms with van der Waals surface area (Å²) < 4.78 is 4.84. The molecule has 0 aliphatic rings. The molecule has 0 bridgehead atoms. The fourth-order valence-corrected chi connectivity index (χ4v) is 10.2. The van der Waals surface area contributed by atoms with Crippen molar-refractivity contribution in [2.24, 2.45) is 0 Å². The third-order valence-corrected chi connectivity index (χ3v) is 13.5. The summed E-state index contributed by atoms with van der Waals surface area (Å²) in [6.45, 7) is 0. The Balaban J connectivity index is 0.903. The van der Waals surface area contributed by atoms with Crippen molar-refractivity contribution in [3.63, 3.8) is 0 Å². The number of aromatic nitrogens is 3. The number of fused-ring (bicyclic) bond motifs is 6. The van der Waals surface area contributed by atoms with Gasteiger partial charge in [0, 0.05) is 44.0 Å². The molecule has 3 aromatic heterocycles. The van der Waals surface area contributed by atoms with Crippen molar-refractivity contribution >= 4 is 43.6 Å². The highest BCUT2D eigenvalue weighted by molar-refractivity contribution is 6.13. The summed E-state index contributed by atoms with van der Waals surface area (Å²) in [5.74, 6) is 0. The van der Waals surface area contributed by atoms with Gasteiger partial charge in [-0.2, -0.15) is 0 Å². The summed E-state index contributed by atoms with van der Waals surface area (Å²) in [6.07, 6.45) is 0. The molecule has 3 nitrogen and oxygen atoms in total. The minimum atomic E-state index is 0.959. The van der Waals surface area contributed by atoms with E-state index in [1.807, 2.05) is 12.1 Å². The first-order valence-electron chi connectivity index (χ1n) is 23.3. The largest absolute Gasteiger partial charge is 0.309 e. The van der Waals surface area contributed by atoms with Gasteiger partial charge in [0.15, 0.2) is 0 Å². The summed E-state index contributed by atoms with van der Waals surface area (Å²) in [5.41, 5.74) is 20.5. The van der Waals surface area contributed by atoms with Crippen molar-refractivity contribution in [3.8, 4) is 78.4 Å². The molecule has 13 rings (SSSR count). The van der Waals surface area contributed by atoms with E-state index in [0.29, 0.717) is 0 Å². The van der Waals surface area contributed by atoms with Gasteiger partial charge in [-0.15, -0.1) is 0 Å². The van der Waals surface area contributed by atoms with Gasteiger partial charge in [-0.05, 0) is 123 Å². The van der Waals surface area contributed by atoms with E-state index >= 15 is 0 Å². The number of para-hydroxylation sites is 2. The summed E-state index contributed by atoms with van der Waals surface area (Å²) in [7, 11) is 0. The fourth-order valence-electron chi connectivity index (χ4n) is 10.2. The summed E-state index contributed by atoms with van der Waals surface area (Å²) in [6, 6.07) is 94.3. The molecule has 3 heteroatoms. The number of pyridine rings is 1. The van der Waals surface area contributed by atoms with E-state index in [0.717, 1.165) is 45.0 Å². The molecule has 318 valence electrons. The van der Waals surface area contributed by atoms with Crippen molar-refractivity contribution in [2.45, 2.75) is 0 Å². The first kappa shape index (κ1) is 39.3. The molecule has 0 saturated heterocycles. The highest BCUT2D eigenvalue weighted by Crippen LogP contribution is 2.40. The van der Waals surface area contributed by atoms with Gasteiger partial charge in [0.1, 0.15) is 0 Å². The average molecular weight is 866 g/mol. The molecule has 68 heavy (non-hydrogen) atoms. The second-order valence-electron chi connectivity index (χ2n) is 17.6. The van der Waals surface area contributed by atoms with Gasteiger partial charge in [-0.1, -0.05) is 182 Å². The van der Waals surface area contributed by atoms with Gasteiger partial charge in [-0.25, -0.2) is 4.98 Å². The Morgan fingerprint density at radius 3 is 1.03 bits per heavy atom. The molecule has 0 fully saturated rings. The topological polar surface area (TPSA) is 22.8 Å². The maximum atomic E-state index is 5.12. The Morgan fingerprint density at radius 2 is 0.559 bits per heavy atom. The van der Waals surface area contributed by atoms with Crippen LogP contribution in [0.4, 0.5) is 0 Å². The van der Waals surface area contributed by atoms with E-state index in [2.05, 4.69) is 258 Å². The molecule has 0 atom stereocenters. The second-order valence-corrected chi connectivity index (χ2v) is 17.6. The first-order chi connectivity index (χ1) is 33.7. The van der Waals surface area contributed by atoms with E-state index in [-0.39, 0.29) is 0 Å². The average Bonchev–Trinajstić information content (AvgIpc) is 3.94. The van der Waals surface area contributed by atoms with Crippen LogP contribution in [0.2, 0.25) is 0 Å². The third kappa shape index (κ3) is 6.88. The van der Waals surface area contributed by atoms with Gasteiger partial charge in [-0.3, -0.25) is 0 Å². The van der Waals surface area contributed by atoms with Crippen LogP contribution >= 0.6 is 0 Å². The van der Waals surface area contributed by atoms with Crippen LogP contribution in [-0.4, -0.2) is 14.1 Å². The van der Waals surface area contributed by atoms with Gasteiger partial charge < -0.3 is 9.13 Å². The standard InChI is InChI=1S/C65H43N3/c1-5-17-44(18-6-1)51-37-52(45-19-7-2-8-20-45)39-55(38-51)68-63-28-16-14-26-57(63)59-41-50(32-36-65(59)68)49-31-35-64-58(40-49)56-25-13-15-27-62(56)67(64)54-33-29-46(30-34-54)53-42-60(47-21-9-3-10-22-47)66-61(43-53)48-23-11-4-12-24-48/h1-43H. The van der Waals surface area contributed by atoms with Crippen LogP contribution in [0.25, 0.3) is 122 Å². The Labute approximate surface area is 395 Å². The Hall–Kier alpha value is -9.05. The van der Waals surface area contributed by atoms with Crippen LogP contribution in [-0.2, 0) is 0 Å². The lowest BCUT2D eigenvalue weighted by Crippen LogP contribution is -1.96. The van der Waals surface area contributed by atoms with Crippen LogP contribution in [0.5, 0.6) is 0 Å². The molecule has 0 aliphatic carbocycles. The Kier molecular flexibility index (Phi) is 9.50. The minimum Gasteiger partial charge on any atom is -0.309 e. The number of hydrogen-bond donors (Lipinski definition) is 0. The van der Waals surface area contributed by atoms with Crippen LogP contribution in [0.3, 0.4) is 0 Å². The second kappa shape index (κ2) is 16.4. The molecule has 0 spiro atoms. The van der Waals surface area contributed by atoms with Crippen molar-refractivity contribution in [2.75, 3.05) is 0 Å². The molecular formula is C65H43N3. The van der Waals surface area contributed by atoms with E-state index in [9.17, 15) is 0 Å². The quantitative estimate of drug-likeness (QED) is 0.149. The molecule has 3 heterocycles. The van der Waals surface area contributed by atoms with Crippen molar-refractivity contribution in [1.82, 2.24) is 14.1 Å². The van der Waals surface area contributed by atoms with Gasteiger partial charge in [0.05, 0.1) is 33.5 Å².